The highest BCUT2D eigenvalue weighted by atomic mass is 28.3. The fourth-order valence-corrected chi connectivity index (χ4v) is 17.2. The Morgan fingerprint density at radius 3 is 2.20 bits per heavy atom. The van der Waals surface area contributed by atoms with Crippen molar-refractivity contribution in [2.24, 2.45) is 0 Å². The van der Waals surface area contributed by atoms with Crippen LogP contribution < -0.4 is 31.4 Å². The third-order valence-corrected chi connectivity index (χ3v) is 19.0. The van der Waals surface area contributed by atoms with Crippen molar-refractivity contribution >= 4 is 91.5 Å². The van der Waals surface area contributed by atoms with Crippen LogP contribution in [0.5, 0.6) is 0 Å². The summed E-state index contributed by atoms with van der Waals surface area (Å²) in [4.78, 5) is 6.69. The maximum atomic E-state index is 4.01. The summed E-state index contributed by atoms with van der Waals surface area (Å²) in [6, 6.07) is 58.2. The highest BCUT2D eigenvalue weighted by Crippen LogP contribution is 2.46. The Balaban J connectivity index is 1.19. The SMILES string of the molecule is Cc1cc(C)c(-c2cc(-c3cccc4c3[nH]c3c5ccccc5ccc43)c3c(c2)N2c4ccccc4[Si](c4ccccc4)(C4C=CC=CC4)c4cccc(c42)B3)c(C)c1. The minimum atomic E-state index is -2.62. The molecule has 280 valence electrons. The summed E-state index contributed by atoms with van der Waals surface area (Å²) in [5, 5.41) is 9.54. The van der Waals surface area contributed by atoms with Crippen LogP contribution in [0.1, 0.15) is 23.1 Å². The zero-order chi connectivity index (χ0) is 39.4. The predicted octanol–water partition coefficient (Wildman–Crippen LogP) is 10.6. The van der Waals surface area contributed by atoms with Crippen LogP contribution in [0.25, 0.3) is 54.8 Å². The van der Waals surface area contributed by atoms with Gasteiger partial charge in [0.05, 0.1) is 11.0 Å². The Bertz CT molecular complexity index is 3260. The average molecular weight is 771 g/mol. The van der Waals surface area contributed by atoms with E-state index in [0.29, 0.717) is 5.54 Å². The number of allylic oxidation sites excluding steroid dienone is 4. The molecule has 2 nitrogen and oxygen atoms in total. The number of aryl methyl sites for hydroxylation is 3. The topological polar surface area (TPSA) is 19.0 Å². The van der Waals surface area contributed by atoms with Gasteiger partial charge in [0.1, 0.15) is 0 Å². The molecule has 0 saturated carbocycles. The van der Waals surface area contributed by atoms with Crippen molar-refractivity contribution in [3.8, 4) is 22.3 Å². The van der Waals surface area contributed by atoms with E-state index in [2.05, 4.69) is 207 Å². The second kappa shape index (κ2) is 12.9. The molecule has 4 heteroatoms. The van der Waals surface area contributed by atoms with Crippen molar-refractivity contribution in [3.05, 3.63) is 193 Å². The third kappa shape index (κ3) is 4.87. The summed E-state index contributed by atoms with van der Waals surface area (Å²) >= 11 is 0. The van der Waals surface area contributed by atoms with E-state index < -0.39 is 8.07 Å². The molecule has 3 aliphatic rings. The summed E-state index contributed by atoms with van der Waals surface area (Å²) in [6.07, 6.45) is 10.5. The molecular formula is C55H43BN2Si. The van der Waals surface area contributed by atoms with Crippen molar-refractivity contribution in [2.45, 2.75) is 32.7 Å². The summed E-state index contributed by atoms with van der Waals surface area (Å²) in [7, 11) is -1.76. The van der Waals surface area contributed by atoms with Crippen molar-refractivity contribution in [1.29, 1.82) is 0 Å². The van der Waals surface area contributed by atoms with Gasteiger partial charge >= 0.3 is 0 Å². The van der Waals surface area contributed by atoms with E-state index in [-0.39, 0.29) is 0 Å². The normalized spacial score (nSPS) is 17.5. The molecule has 1 aliphatic carbocycles. The van der Waals surface area contributed by atoms with Gasteiger partial charge in [-0.3, -0.25) is 0 Å². The first-order valence-electron chi connectivity index (χ1n) is 21.1. The molecular weight excluding hydrogens is 728 g/mol. The highest BCUT2D eigenvalue weighted by Gasteiger charge is 2.52. The Kier molecular flexibility index (Phi) is 7.55. The van der Waals surface area contributed by atoms with Crippen molar-refractivity contribution in [3.63, 3.8) is 0 Å². The molecule has 0 spiro atoms. The van der Waals surface area contributed by atoms with Gasteiger partial charge < -0.3 is 9.88 Å². The van der Waals surface area contributed by atoms with Crippen LogP contribution >= 0.6 is 0 Å². The second-order valence-electron chi connectivity index (χ2n) is 17.0. The van der Waals surface area contributed by atoms with E-state index >= 15 is 0 Å². The Morgan fingerprint density at radius 2 is 1.36 bits per heavy atom. The molecule has 59 heavy (non-hydrogen) atoms. The smallest absolute Gasteiger partial charge is 0.198 e. The summed E-state index contributed by atoms with van der Waals surface area (Å²) in [5.74, 6) is 0. The predicted molar refractivity (Wildman–Crippen MR) is 257 cm³/mol. The van der Waals surface area contributed by atoms with Gasteiger partial charge in [0.25, 0.3) is 0 Å². The van der Waals surface area contributed by atoms with Crippen LogP contribution in [0.4, 0.5) is 17.1 Å². The summed E-state index contributed by atoms with van der Waals surface area (Å²) < 4.78 is 0. The van der Waals surface area contributed by atoms with Crippen LogP contribution in [0, 0.1) is 20.8 Å². The molecule has 9 aromatic rings. The summed E-state index contributed by atoms with van der Waals surface area (Å²) in [5.41, 5.74) is 18.6. The van der Waals surface area contributed by atoms with Crippen LogP contribution in [0.3, 0.4) is 0 Å². The van der Waals surface area contributed by atoms with Gasteiger partial charge in [0.2, 0.25) is 0 Å². The molecule has 8 aromatic carbocycles. The molecule has 12 rings (SSSR count). The zero-order valence-corrected chi connectivity index (χ0v) is 34.7. The number of nitrogens with zero attached hydrogens (tertiary/aromatic N) is 1. The number of hydrogen-bond acceptors (Lipinski definition) is 1. The molecule has 0 amide bonds. The maximum absolute atomic E-state index is 4.01. The van der Waals surface area contributed by atoms with Gasteiger partial charge in [0, 0.05) is 38.8 Å². The van der Waals surface area contributed by atoms with Crippen molar-refractivity contribution in [2.75, 3.05) is 4.90 Å². The number of benzene rings is 8. The highest BCUT2D eigenvalue weighted by molar-refractivity contribution is 7.14. The zero-order valence-electron chi connectivity index (χ0n) is 33.7. The van der Waals surface area contributed by atoms with Crippen LogP contribution in [0.15, 0.2) is 176 Å². The molecule has 0 fully saturated rings. The molecule has 1 N–H and O–H groups in total. The van der Waals surface area contributed by atoms with Crippen molar-refractivity contribution < 1.29 is 0 Å². The minimum Gasteiger partial charge on any atom is -0.353 e. The lowest BCUT2D eigenvalue weighted by Gasteiger charge is -2.50. The van der Waals surface area contributed by atoms with E-state index in [1.807, 2.05) is 0 Å². The summed E-state index contributed by atoms with van der Waals surface area (Å²) in [6.45, 7) is 6.78. The quantitative estimate of drug-likeness (QED) is 0.177. The molecule has 2 aliphatic heterocycles. The number of aromatic amines is 1. The first kappa shape index (κ1) is 34.4. The lowest BCUT2D eigenvalue weighted by molar-refractivity contribution is 0.995. The number of H-pyrrole nitrogens is 1. The van der Waals surface area contributed by atoms with E-state index in [0.717, 1.165) is 13.7 Å². The lowest BCUT2D eigenvalue weighted by Crippen LogP contribution is -2.73. The van der Waals surface area contributed by atoms with E-state index in [9.17, 15) is 0 Å². The first-order valence-corrected chi connectivity index (χ1v) is 23.2. The number of nitrogens with one attached hydrogen (secondary N) is 1. The van der Waals surface area contributed by atoms with Gasteiger partial charge in [0.15, 0.2) is 15.4 Å². The molecule has 1 aromatic heterocycles. The average Bonchev–Trinajstić information content (AvgIpc) is 3.66. The lowest BCUT2D eigenvalue weighted by atomic mass is 9.58. The van der Waals surface area contributed by atoms with Crippen molar-refractivity contribution in [1.82, 2.24) is 4.98 Å². The third-order valence-electron chi connectivity index (χ3n) is 13.7. The van der Waals surface area contributed by atoms with Crippen LogP contribution in [0.2, 0.25) is 5.54 Å². The number of rotatable bonds is 4. The van der Waals surface area contributed by atoms with Gasteiger partial charge in [-0.15, -0.1) is 0 Å². The van der Waals surface area contributed by atoms with E-state index in [4.69, 9.17) is 0 Å². The maximum Gasteiger partial charge on any atom is 0.198 e. The van der Waals surface area contributed by atoms with E-state index in [1.165, 1.54) is 115 Å². The Labute approximate surface area is 347 Å². The fourth-order valence-electron chi connectivity index (χ4n) is 11.5. The molecule has 2 unspecified atom stereocenters. The Morgan fingerprint density at radius 1 is 0.610 bits per heavy atom. The number of anilines is 3. The van der Waals surface area contributed by atoms with Gasteiger partial charge in [-0.2, -0.15) is 0 Å². The Hall–Kier alpha value is -6.62. The van der Waals surface area contributed by atoms with Crippen LogP contribution in [-0.2, 0) is 0 Å². The number of para-hydroxylation sites is 3. The minimum absolute atomic E-state index is 0.390. The fraction of sp³-hybridized carbons (Fsp3) is 0.0909. The monoisotopic (exact) mass is 770 g/mol. The molecule has 0 radical (unpaired) electrons. The van der Waals surface area contributed by atoms with Gasteiger partial charge in [-0.05, 0) is 105 Å². The molecule has 2 atom stereocenters. The second-order valence-corrected chi connectivity index (χ2v) is 21.0. The largest absolute Gasteiger partial charge is 0.353 e. The van der Waals surface area contributed by atoms with Crippen LogP contribution in [-0.4, -0.2) is 20.3 Å². The first-order chi connectivity index (χ1) is 29.0. The van der Waals surface area contributed by atoms with Gasteiger partial charge in [-0.25, -0.2) is 0 Å². The molecule has 0 bridgehead atoms. The molecule has 3 heterocycles. The number of fused-ring (bicyclic) bond motifs is 9. The molecule has 0 saturated heterocycles. The van der Waals surface area contributed by atoms with Gasteiger partial charge in [-0.1, -0.05) is 169 Å². The van der Waals surface area contributed by atoms with E-state index in [1.54, 1.807) is 0 Å². The number of hydrogen-bond donors (Lipinski definition) is 1. The standard InChI is InChI=1S/C55H43BN2Si/c1-34-30-35(2)51(36(3)31-34)38-32-45(43-23-14-22-42-44-29-28-37-16-10-11-21-41(37)53(44)57-54(42)43)52-48(33-38)58-47-25-12-13-26-49(47)59(39-17-6-4-7-18-39,40-19-8-5-9-20-40)50-27-15-24-46(56-52)55(50)58/h4-19,21-33,40,56-57H,20H2,1-3H3. The number of aromatic nitrogens is 1.